The van der Waals surface area contributed by atoms with Gasteiger partial charge in [0.15, 0.2) is 0 Å². The fourth-order valence-corrected chi connectivity index (χ4v) is 1.69. The lowest BCUT2D eigenvalue weighted by Crippen LogP contribution is -2.07. The first kappa shape index (κ1) is 12.8. The number of aliphatic hydroxyl groups excluding tert-OH is 1. The van der Waals surface area contributed by atoms with Gasteiger partial charge in [0.05, 0.1) is 20.3 Å². The molecule has 0 fully saturated rings. The van der Waals surface area contributed by atoms with Crippen LogP contribution in [0.4, 0.5) is 0 Å². The molecule has 0 heterocycles. The fourth-order valence-electron chi connectivity index (χ4n) is 1.69. The molecule has 1 unspecified atom stereocenters. The van der Waals surface area contributed by atoms with Crippen molar-refractivity contribution in [3.05, 3.63) is 23.8 Å². The molecule has 0 saturated carbocycles. The molecular formula is C13H20O3. The van der Waals surface area contributed by atoms with Crippen molar-refractivity contribution in [2.45, 2.75) is 32.3 Å². The maximum atomic E-state index is 9.56. The second kappa shape index (κ2) is 6.38. The molecule has 3 heteroatoms. The molecule has 0 saturated heterocycles. The van der Waals surface area contributed by atoms with E-state index in [4.69, 9.17) is 9.47 Å². The molecule has 1 rings (SSSR count). The quantitative estimate of drug-likeness (QED) is 0.806. The summed E-state index contributed by atoms with van der Waals surface area (Å²) in [4.78, 5) is 0. The van der Waals surface area contributed by atoms with Crippen molar-refractivity contribution in [1.29, 1.82) is 0 Å². The van der Waals surface area contributed by atoms with Gasteiger partial charge in [-0.1, -0.05) is 13.0 Å². The molecule has 0 bridgehead atoms. The normalized spacial score (nSPS) is 12.2. The predicted molar refractivity (Wildman–Crippen MR) is 64.2 cm³/mol. The van der Waals surface area contributed by atoms with Crippen molar-refractivity contribution in [3.8, 4) is 11.5 Å². The largest absolute Gasteiger partial charge is 0.496 e. The number of hydrogen-bond acceptors (Lipinski definition) is 3. The van der Waals surface area contributed by atoms with E-state index in [1.165, 1.54) is 0 Å². The van der Waals surface area contributed by atoms with Crippen molar-refractivity contribution >= 4 is 0 Å². The smallest absolute Gasteiger partial charge is 0.125 e. The molecule has 0 aliphatic heterocycles. The van der Waals surface area contributed by atoms with Gasteiger partial charge in [0.2, 0.25) is 0 Å². The lowest BCUT2D eigenvalue weighted by atomic mass is 10.0. The van der Waals surface area contributed by atoms with Gasteiger partial charge >= 0.3 is 0 Å². The Kier molecular flexibility index (Phi) is 5.12. The van der Waals surface area contributed by atoms with Gasteiger partial charge < -0.3 is 14.6 Å². The molecule has 0 aliphatic rings. The Hall–Kier alpha value is -1.22. The van der Waals surface area contributed by atoms with Crippen LogP contribution in [0.2, 0.25) is 0 Å². The second-order valence-corrected chi connectivity index (χ2v) is 3.74. The zero-order chi connectivity index (χ0) is 12.0. The van der Waals surface area contributed by atoms with Crippen molar-refractivity contribution < 1.29 is 14.6 Å². The fraction of sp³-hybridized carbons (Fsp3) is 0.538. The Morgan fingerprint density at radius 1 is 1.19 bits per heavy atom. The van der Waals surface area contributed by atoms with E-state index in [2.05, 4.69) is 0 Å². The first-order chi connectivity index (χ1) is 7.72. The van der Waals surface area contributed by atoms with E-state index in [0.29, 0.717) is 0 Å². The average molecular weight is 224 g/mol. The summed E-state index contributed by atoms with van der Waals surface area (Å²) in [5.74, 6) is 1.64. The summed E-state index contributed by atoms with van der Waals surface area (Å²) in [5.41, 5.74) is 1.03. The van der Waals surface area contributed by atoms with Crippen LogP contribution >= 0.6 is 0 Å². The molecule has 1 atom stereocenters. The molecule has 0 amide bonds. The van der Waals surface area contributed by atoms with E-state index in [-0.39, 0.29) is 6.10 Å². The Morgan fingerprint density at radius 2 is 1.75 bits per heavy atom. The van der Waals surface area contributed by atoms with Gasteiger partial charge in [0.25, 0.3) is 0 Å². The minimum atomic E-state index is -0.255. The summed E-state index contributed by atoms with van der Waals surface area (Å²) >= 11 is 0. The minimum Gasteiger partial charge on any atom is -0.496 e. The van der Waals surface area contributed by atoms with Crippen molar-refractivity contribution in [3.63, 3.8) is 0 Å². The summed E-state index contributed by atoms with van der Waals surface area (Å²) in [7, 11) is 3.29. The third-order valence-electron chi connectivity index (χ3n) is 2.73. The number of ether oxygens (including phenoxy) is 2. The summed E-state index contributed by atoms with van der Waals surface area (Å²) in [6.07, 6.45) is 2.02. The number of hydrogen-bond donors (Lipinski definition) is 1. The predicted octanol–water partition coefficient (Wildman–Crippen LogP) is 2.41. The zero-order valence-electron chi connectivity index (χ0n) is 10.2. The average Bonchev–Trinajstić information content (AvgIpc) is 2.35. The van der Waals surface area contributed by atoms with E-state index in [1.807, 2.05) is 25.1 Å². The molecule has 0 aromatic heterocycles. The monoisotopic (exact) mass is 224 g/mol. The van der Waals surface area contributed by atoms with Crippen LogP contribution in [0, 0.1) is 0 Å². The van der Waals surface area contributed by atoms with Crippen molar-refractivity contribution in [2.75, 3.05) is 14.2 Å². The Bertz CT molecular complexity index is 301. The highest BCUT2D eigenvalue weighted by molar-refractivity contribution is 5.44. The van der Waals surface area contributed by atoms with Crippen molar-refractivity contribution in [1.82, 2.24) is 0 Å². The maximum Gasteiger partial charge on any atom is 0.125 e. The summed E-state index contributed by atoms with van der Waals surface area (Å²) in [6, 6.07) is 5.73. The van der Waals surface area contributed by atoms with Crippen LogP contribution in [-0.2, 0) is 6.42 Å². The van der Waals surface area contributed by atoms with Gasteiger partial charge in [-0.15, -0.1) is 0 Å². The molecule has 90 valence electrons. The molecule has 1 N–H and O–H groups in total. The topological polar surface area (TPSA) is 38.7 Å². The molecule has 1 aromatic rings. The van der Waals surface area contributed by atoms with Gasteiger partial charge in [0.1, 0.15) is 11.5 Å². The highest BCUT2D eigenvalue weighted by Crippen LogP contribution is 2.29. The van der Waals surface area contributed by atoms with E-state index >= 15 is 0 Å². The number of methoxy groups -OCH3 is 2. The molecule has 0 radical (unpaired) electrons. The van der Waals surface area contributed by atoms with E-state index in [1.54, 1.807) is 14.2 Å². The van der Waals surface area contributed by atoms with E-state index in [9.17, 15) is 5.11 Å². The maximum absolute atomic E-state index is 9.56. The van der Waals surface area contributed by atoms with Gasteiger partial charge in [0, 0.05) is 5.56 Å². The number of aliphatic hydroxyl groups is 1. The first-order valence-electron chi connectivity index (χ1n) is 5.60. The SMILES string of the molecule is CCC(O)CCc1c(OC)cccc1OC. The van der Waals surface area contributed by atoms with Crippen LogP contribution in [0.3, 0.4) is 0 Å². The lowest BCUT2D eigenvalue weighted by molar-refractivity contribution is 0.160. The van der Waals surface area contributed by atoms with Gasteiger partial charge in [-0.3, -0.25) is 0 Å². The molecular weight excluding hydrogens is 204 g/mol. The Labute approximate surface area is 97.0 Å². The van der Waals surface area contributed by atoms with Crippen LogP contribution in [0.15, 0.2) is 18.2 Å². The van der Waals surface area contributed by atoms with Crippen LogP contribution in [0.25, 0.3) is 0 Å². The Morgan fingerprint density at radius 3 is 2.19 bits per heavy atom. The van der Waals surface area contributed by atoms with Crippen LogP contribution < -0.4 is 9.47 Å². The molecule has 0 aliphatic carbocycles. The highest BCUT2D eigenvalue weighted by atomic mass is 16.5. The first-order valence-corrected chi connectivity index (χ1v) is 5.60. The Balaban J connectivity index is 2.82. The molecule has 0 spiro atoms. The standard InChI is InChI=1S/C13H20O3/c1-4-10(14)8-9-11-12(15-2)6-5-7-13(11)16-3/h5-7,10,14H,4,8-9H2,1-3H3. The van der Waals surface area contributed by atoms with Crippen LogP contribution in [0.1, 0.15) is 25.3 Å². The minimum absolute atomic E-state index is 0.255. The number of rotatable bonds is 6. The zero-order valence-corrected chi connectivity index (χ0v) is 10.2. The molecule has 16 heavy (non-hydrogen) atoms. The van der Waals surface area contributed by atoms with E-state index < -0.39 is 0 Å². The summed E-state index contributed by atoms with van der Waals surface area (Å²) < 4.78 is 10.6. The van der Waals surface area contributed by atoms with Crippen LogP contribution in [0.5, 0.6) is 11.5 Å². The lowest BCUT2D eigenvalue weighted by Gasteiger charge is -2.14. The van der Waals surface area contributed by atoms with Gasteiger partial charge in [-0.05, 0) is 31.4 Å². The third kappa shape index (κ3) is 3.14. The molecule has 1 aromatic carbocycles. The number of benzene rings is 1. The molecule has 3 nitrogen and oxygen atoms in total. The van der Waals surface area contributed by atoms with Gasteiger partial charge in [-0.2, -0.15) is 0 Å². The van der Waals surface area contributed by atoms with Crippen molar-refractivity contribution in [2.24, 2.45) is 0 Å². The highest BCUT2D eigenvalue weighted by Gasteiger charge is 2.11. The van der Waals surface area contributed by atoms with Gasteiger partial charge in [-0.25, -0.2) is 0 Å². The van der Waals surface area contributed by atoms with E-state index in [0.717, 1.165) is 36.3 Å². The third-order valence-corrected chi connectivity index (χ3v) is 2.73. The summed E-state index contributed by atoms with van der Waals surface area (Å²) in [5, 5.41) is 9.56. The van der Waals surface area contributed by atoms with Crippen LogP contribution in [-0.4, -0.2) is 25.4 Å². The summed E-state index contributed by atoms with van der Waals surface area (Å²) in [6.45, 7) is 1.98. The second-order valence-electron chi connectivity index (χ2n) is 3.74.